The molecule has 0 radical (unpaired) electrons. The fourth-order valence-electron chi connectivity index (χ4n) is 1.48. The van der Waals surface area contributed by atoms with Gasteiger partial charge in [0.15, 0.2) is 4.80 Å². The molecular formula is C11H12N2OS. The van der Waals surface area contributed by atoms with Gasteiger partial charge in [-0.25, -0.2) is 0 Å². The van der Waals surface area contributed by atoms with E-state index in [0.717, 1.165) is 15.0 Å². The minimum atomic E-state index is -0.158. The number of benzene rings is 1. The average Bonchev–Trinajstić information content (AvgIpc) is 2.42. The molecule has 4 heteroatoms. The second kappa shape index (κ2) is 3.62. The number of fused-ring (bicyclic) bond motifs is 1. The highest BCUT2D eigenvalue weighted by Crippen LogP contribution is 2.17. The van der Waals surface area contributed by atoms with Crippen LogP contribution in [0.25, 0.3) is 10.2 Å². The molecule has 0 aliphatic heterocycles. The SMILES string of the molecule is CC(=O)N=c1sc2cc(C)ccc2n1C. The Balaban J connectivity index is 2.80. The zero-order chi connectivity index (χ0) is 11.0. The van der Waals surface area contributed by atoms with Crippen molar-refractivity contribution < 1.29 is 4.79 Å². The van der Waals surface area contributed by atoms with Crippen LogP contribution in [0.15, 0.2) is 23.2 Å². The van der Waals surface area contributed by atoms with Crippen molar-refractivity contribution in [3.05, 3.63) is 28.6 Å². The molecule has 0 aliphatic rings. The summed E-state index contributed by atoms with van der Waals surface area (Å²) in [4.78, 5) is 15.7. The van der Waals surface area contributed by atoms with Gasteiger partial charge in [-0.05, 0) is 24.6 Å². The predicted molar refractivity (Wildman–Crippen MR) is 61.8 cm³/mol. The quantitative estimate of drug-likeness (QED) is 0.668. The van der Waals surface area contributed by atoms with Crippen LogP contribution in [-0.4, -0.2) is 10.5 Å². The molecule has 2 aromatic rings. The number of nitrogens with zero attached hydrogens (tertiary/aromatic N) is 2. The molecule has 78 valence electrons. The first-order valence-electron chi connectivity index (χ1n) is 4.69. The Morgan fingerprint density at radius 1 is 1.47 bits per heavy atom. The van der Waals surface area contributed by atoms with Crippen LogP contribution in [0.1, 0.15) is 12.5 Å². The van der Waals surface area contributed by atoms with Crippen LogP contribution in [-0.2, 0) is 11.8 Å². The molecule has 1 aromatic heterocycles. The number of aryl methyl sites for hydroxylation is 2. The van der Waals surface area contributed by atoms with Gasteiger partial charge in [-0.3, -0.25) is 4.79 Å². The Hall–Kier alpha value is -1.42. The van der Waals surface area contributed by atoms with E-state index in [1.165, 1.54) is 12.5 Å². The molecule has 0 aliphatic carbocycles. The summed E-state index contributed by atoms with van der Waals surface area (Å²) in [7, 11) is 1.93. The maximum absolute atomic E-state index is 10.9. The van der Waals surface area contributed by atoms with Crippen molar-refractivity contribution in [1.82, 2.24) is 4.57 Å². The fraction of sp³-hybridized carbons (Fsp3) is 0.273. The highest BCUT2D eigenvalue weighted by atomic mass is 32.1. The van der Waals surface area contributed by atoms with E-state index in [9.17, 15) is 4.79 Å². The van der Waals surface area contributed by atoms with Crippen molar-refractivity contribution in [2.45, 2.75) is 13.8 Å². The number of amides is 1. The van der Waals surface area contributed by atoms with Crippen LogP contribution in [0.2, 0.25) is 0 Å². The highest BCUT2D eigenvalue weighted by molar-refractivity contribution is 7.16. The van der Waals surface area contributed by atoms with E-state index in [1.807, 2.05) is 11.6 Å². The van der Waals surface area contributed by atoms with Gasteiger partial charge in [-0.2, -0.15) is 4.99 Å². The van der Waals surface area contributed by atoms with Crippen molar-refractivity contribution in [2.24, 2.45) is 12.0 Å². The second-order valence-corrected chi connectivity index (χ2v) is 4.55. The molecule has 0 unspecified atom stereocenters. The van der Waals surface area contributed by atoms with Crippen LogP contribution >= 0.6 is 11.3 Å². The van der Waals surface area contributed by atoms with Gasteiger partial charge in [0, 0.05) is 14.0 Å². The summed E-state index contributed by atoms with van der Waals surface area (Å²) in [6.07, 6.45) is 0. The molecule has 0 saturated heterocycles. The summed E-state index contributed by atoms with van der Waals surface area (Å²) in [5.41, 5.74) is 2.34. The van der Waals surface area contributed by atoms with Crippen LogP contribution in [0.4, 0.5) is 0 Å². The molecule has 2 rings (SSSR count). The third-order valence-corrected chi connectivity index (χ3v) is 3.31. The summed E-state index contributed by atoms with van der Waals surface area (Å²) in [5.74, 6) is -0.158. The predicted octanol–water partition coefficient (Wildman–Crippen LogP) is 2.00. The van der Waals surface area contributed by atoms with Gasteiger partial charge in [-0.15, -0.1) is 0 Å². The summed E-state index contributed by atoms with van der Waals surface area (Å²) in [6, 6.07) is 6.23. The first kappa shape index (κ1) is 10.1. The number of rotatable bonds is 0. The summed E-state index contributed by atoms with van der Waals surface area (Å²) in [5, 5.41) is 0. The molecule has 0 bridgehead atoms. The molecule has 0 saturated carbocycles. The lowest BCUT2D eigenvalue weighted by Gasteiger charge is -1.95. The summed E-state index contributed by atoms with van der Waals surface area (Å²) >= 11 is 1.54. The molecule has 3 nitrogen and oxygen atoms in total. The molecule has 0 spiro atoms. The molecule has 0 atom stereocenters. The van der Waals surface area contributed by atoms with Crippen LogP contribution in [0.5, 0.6) is 0 Å². The number of hydrogen-bond acceptors (Lipinski definition) is 2. The van der Waals surface area contributed by atoms with Gasteiger partial charge in [0.2, 0.25) is 5.91 Å². The van der Waals surface area contributed by atoms with Crippen molar-refractivity contribution in [1.29, 1.82) is 0 Å². The van der Waals surface area contributed by atoms with E-state index in [1.54, 1.807) is 11.3 Å². The Morgan fingerprint density at radius 3 is 2.87 bits per heavy atom. The van der Waals surface area contributed by atoms with Gasteiger partial charge in [0.05, 0.1) is 10.2 Å². The lowest BCUT2D eigenvalue weighted by Crippen LogP contribution is -2.11. The Bertz CT molecular complexity index is 592. The smallest absolute Gasteiger partial charge is 0.245 e. The molecule has 0 N–H and O–H groups in total. The van der Waals surface area contributed by atoms with Crippen LogP contribution < -0.4 is 4.80 Å². The van der Waals surface area contributed by atoms with E-state index in [-0.39, 0.29) is 5.91 Å². The van der Waals surface area contributed by atoms with Crippen LogP contribution in [0.3, 0.4) is 0 Å². The zero-order valence-electron chi connectivity index (χ0n) is 8.94. The zero-order valence-corrected chi connectivity index (χ0v) is 9.76. The van der Waals surface area contributed by atoms with Gasteiger partial charge in [0.1, 0.15) is 0 Å². The van der Waals surface area contributed by atoms with Gasteiger partial charge >= 0.3 is 0 Å². The Morgan fingerprint density at radius 2 is 2.20 bits per heavy atom. The third-order valence-electron chi connectivity index (χ3n) is 2.22. The maximum atomic E-state index is 10.9. The Kier molecular flexibility index (Phi) is 2.44. The Labute approximate surface area is 91.7 Å². The number of hydrogen-bond donors (Lipinski definition) is 0. The number of carbonyl (C=O) groups excluding carboxylic acids is 1. The maximum Gasteiger partial charge on any atom is 0.245 e. The lowest BCUT2D eigenvalue weighted by atomic mass is 10.2. The normalized spacial score (nSPS) is 12.3. The van der Waals surface area contributed by atoms with Crippen molar-refractivity contribution >= 4 is 27.5 Å². The second-order valence-electron chi connectivity index (χ2n) is 3.55. The first-order chi connectivity index (χ1) is 7.08. The van der Waals surface area contributed by atoms with E-state index < -0.39 is 0 Å². The van der Waals surface area contributed by atoms with E-state index in [0.29, 0.717) is 0 Å². The standard InChI is InChI=1S/C11H12N2OS/c1-7-4-5-9-10(6-7)15-11(13(9)3)12-8(2)14/h4-6H,1-3H3. The van der Waals surface area contributed by atoms with Crippen LogP contribution in [0, 0.1) is 6.92 Å². The lowest BCUT2D eigenvalue weighted by molar-refractivity contribution is -0.116. The first-order valence-corrected chi connectivity index (χ1v) is 5.51. The average molecular weight is 220 g/mol. The molecule has 1 heterocycles. The molecule has 0 fully saturated rings. The van der Waals surface area contributed by atoms with E-state index in [4.69, 9.17) is 0 Å². The van der Waals surface area contributed by atoms with E-state index in [2.05, 4.69) is 30.1 Å². The third kappa shape index (κ3) is 1.85. The fourth-order valence-corrected chi connectivity index (χ4v) is 2.64. The number of thiazole rings is 1. The van der Waals surface area contributed by atoms with Crippen molar-refractivity contribution in [3.8, 4) is 0 Å². The largest absolute Gasteiger partial charge is 0.319 e. The van der Waals surface area contributed by atoms with Gasteiger partial charge < -0.3 is 4.57 Å². The minimum absolute atomic E-state index is 0.158. The number of carbonyl (C=O) groups is 1. The number of aromatic nitrogens is 1. The molecule has 1 amide bonds. The van der Waals surface area contributed by atoms with Gasteiger partial charge in [-0.1, -0.05) is 17.4 Å². The van der Waals surface area contributed by atoms with Crippen molar-refractivity contribution in [2.75, 3.05) is 0 Å². The summed E-state index contributed by atoms with van der Waals surface area (Å²) in [6.45, 7) is 3.52. The molecule has 1 aromatic carbocycles. The van der Waals surface area contributed by atoms with E-state index >= 15 is 0 Å². The van der Waals surface area contributed by atoms with Crippen molar-refractivity contribution in [3.63, 3.8) is 0 Å². The molecular weight excluding hydrogens is 208 g/mol. The van der Waals surface area contributed by atoms with Gasteiger partial charge in [0.25, 0.3) is 0 Å². The monoisotopic (exact) mass is 220 g/mol. The summed E-state index contributed by atoms with van der Waals surface area (Å²) < 4.78 is 3.11. The minimum Gasteiger partial charge on any atom is -0.319 e. The molecule has 15 heavy (non-hydrogen) atoms. The highest BCUT2D eigenvalue weighted by Gasteiger charge is 2.02. The topological polar surface area (TPSA) is 34.4 Å².